The van der Waals surface area contributed by atoms with Gasteiger partial charge in [0.05, 0.1) is 0 Å². The summed E-state index contributed by atoms with van der Waals surface area (Å²) in [6, 6.07) is 13.4. The van der Waals surface area contributed by atoms with Crippen LogP contribution in [0.15, 0.2) is 46.9 Å². The van der Waals surface area contributed by atoms with Gasteiger partial charge in [-0.3, -0.25) is 0 Å². The summed E-state index contributed by atoms with van der Waals surface area (Å²) >= 11 is 6.94. The molecule has 94 valence electrons. The number of hydrogen-bond donors (Lipinski definition) is 0. The molecule has 0 amide bonds. The van der Waals surface area contributed by atoms with Crippen LogP contribution in [0.5, 0.6) is 0 Å². The molecular weight excluding hydrogens is 359 g/mol. The molecule has 0 aliphatic carbocycles. The Labute approximate surface area is 123 Å². The molecule has 2 aromatic carbocycles. The van der Waals surface area contributed by atoms with Gasteiger partial charge in [0.25, 0.3) is 0 Å². The topological polar surface area (TPSA) is 0 Å². The van der Waals surface area contributed by atoms with Gasteiger partial charge in [0.15, 0.2) is 0 Å². The second-order valence-electron chi connectivity index (χ2n) is 4.36. The summed E-state index contributed by atoms with van der Waals surface area (Å²) in [5.74, 6) is -0.215. The van der Waals surface area contributed by atoms with E-state index in [4.69, 9.17) is 0 Å². The van der Waals surface area contributed by atoms with Crippen molar-refractivity contribution in [2.45, 2.75) is 18.2 Å². The molecular formula is C15H13Br2F. The van der Waals surface area contributed by atoms with Gasteiger partial charge in [-0.15, -0.1) is 0 Å². The average Bonchev–Trinajstić information content (AvgIpc) is 2.31. The normalized spacial score (nSPS) is 12.4. The van der Waals surface area contributed by atoms with E-state index in [1.54, 1.807) is 6.07 Å². The number of benzene rings is 2. The Hall–Kier alpha value is -0.670. The molecule has 2 aromatic rings. The second-order valence-corrected chi connectivity index (χ2v) is 6.38. The predicted molar refractivity (Wildman–Crippen MR) is 80.7 cm³/mol. The van der Waals surface area contributed by atoms with Crippen LogP contribution in [0, 0.1) is 12.7 Å². The fraction of sp³-hybridized carbons (Fsp3) is 0.200. The molecule has 0 aromatic heterocycles. The van der Waals surface area contributed by atoms with Crippen LogP contribution in [0.2, 0.25) is 0 Å². The maximum atomic E-state index is 13.3. The molecule has 0 saturated heterocycles. The molecule has 0 bridgehead atoms. The van der Waals surface area contributed by atoms with Crippen molar-refractivity contribution in [3.8, 4) is 0 Å². The summed E-state index contributed by atoms with van der Waals surface area (Å²) in [5.41, 5.74) is 3.43. The SMILES string of the molecule is Cc1ccc(CC(Br)c2cc(F)cc(Br)c2)cc1. The summed E-state index contributed by atoms with van der Waals surface area (Å²) in [5, 5.41) is 0. The van der Waals surface area contributed by atoms with Crippen LogP contribution in [0.25, 0.3) is 0 Å². The van der Waals surface area contributed by atoms with E-state index < -0.39 is 0 Å². The second kappa shape index (κ2) is 5.98. The summed E-state index contributed by atoms with van der Waals surface area (Å²) in [6.07, 6.45) is 0.843. The molecule has 0 heterocycles. The zero-order valence-electron chi connectivity index (χ0n) is 9.96. The van der Waals surface area contributed by atoms with Crippen LogP contribution >= 0.6 is 31.9 Å². The summed E-state index contributed by atoms with van der Waals surface area (Å²) in [6.45, 7) is 2.07. The van der Waals surface area contributed by atoms with Crippen LogP contribution in [-0.2, 0) is 6.42 Å². The van der Waals surface area contributed by atoms with Crippen molar-refractivity contribution in [3.63, 3.8) is 0 Å². The Bertz CT molecular complexity index is 514. The Kier molecular flexibility index (Phi) is 4.57. The lowest BCUT2D eigenvalue weighted by Gasteiger charge is -2.11. The first-order valence-electron chi connectivity index (χ1n) is 5.70. The lowest BCUT2D eigenvalue weighted by atomic mass is 10.0. The van der Waals surface area contributed by atoms with Crippen LogP contribution < -0.4 is 0 Å². The Morgan fingerprint density at radius 2 is 1.78 bits per heavy atom. The summed E-state index contributed by atoms with van der Waals surface area (Å²) in [7, 11) is 0. The lowest BCUT2D eigenvalue weighted by Crippen LogP contribution is -1.96. The van der Waals surface area contributed by atoms with Crippen molar-refractivity contribution >= 4 is 31.9 Å². The third-order valence-corrected chi connectivity index (χ3v) is 4.09. The van der Waals surface area contributed by atoms with Gasteiger partial charge in [-0.1, -0.05) is 61.7 Å². The van der Waals surface area contributed by atoms with Crippen molar-refractivity contribution in [1.82, 2.24) is 0 Å². The maximum Gasteiger partial charge on any atom is 0.124 e. The van der Waals surface area contributed by atoms with Crippen LogP contribution in [0.1, 0.15) is 21.5 Å². The molecule has 2 rings (SSSR count). The molecule has 0 radical (unpaired) electrons. The minimum atomic E-state index is -0.215. The van der Waals surface area contributed by atoms with Crippen molar-refractivity contribution in [3.05, 3.63) is 69.4 Å². The molecule has 0 nitrogen and oxygen atoms in total. The first kappa shape index (κ1) is 13.8. The highest BCUT2D eigenvalue weighted by molar-refractivity contribution is 9.10. The lowest BCUT2D eigenvalue weighted by molar-refractivity contribution is 0.624. The maximum absolute atomic E-state index is 13.3. The Balaban J connectivity index is 2.16. The van der Waals surface area contributed by atoms with E-state index in [1.807, 2.05) is 6.07 Å². The zero-order chi connectivity index (χ0) is 13.1. The third-order valence-electron chi connectivity index (χ3n) is 2.78. The summed E-state index contributed by atoms with van der Waals surface area (Å²) < 4.78 is 14.1. The zero-order valence-corrected chi connectivity index (χ0v) is 13.1. The van der Waals surface area contributed by atoms with Gasteiger partial charge in [0, 0.05) is 9.30 Å². The van der Waals surface area contributed by atoms with E-state index >= 15 is 0 Å². The van der Waals surface area contributed by atoms with E-state index in [0.29, 0.717) is 0 Å². The van der Waals surface area contributed by atoms with Gasteiger partial charge in [-0.25, -0.2) is 4.39 Å². The fourth-order valence-corrected chi connectivity index (χ4v) is 2.93. The van der Waals surface area contributed by atoms with E-state index in [-0.39, 0.29) is 10.6 Å². The van der Waals surface area contributed by atoms with Crippen molar-refractivity contribution in [1.29, 1.82) is 0 Å². The number of alkyl halides is 1. The molecule has 0 aliphatic rings. The highest BCUT2D eigenvalue weighted by Crippen LogP contribution is 2.29. The van der Waals surface area contributed by atoms with Gasteiger partial charge in [-0.05, 0) is 42.7 Å². The van der Waals surface area contributed by atoms with Gasteiger partial charge >= 0.3 is 0 Å². The molecule has 18 heavy (non-hydrogen) atoms. The molecule has 1 atom stereocenters. The van der Waals surface area contributed by atoms with Crippen molar-refractivity contribution in [2.24, 2.45) is 0 Å². The van der Waals surface area contributed by atoms with Crippen LogP contribution in [0.4, 0.5) is 4.39 Å². The predicted octanol–water partition coefficient (Wildman–Crippen LogP) is 5.58. The number of aryl methyl sites for hydroxylation is 1. The van der Waals surface area contributed by atoms with E-state index in [0.717, 1.165) is 16.5 Å². The van der Waals surface area contributed by atoms with Crippen molar-refractivity contribution in [2.75, 3.05) is 0 Å². The number of hydrogen-bond acceptors (Lipinski definition) is 0. The van der Waals surface area contributed by atoms with Crippen LogP contribution in [-0.4, -0.2) is 0 Å². The Morgan fingerprint density at radius 1 is 1.11 bits per heavy atom. The average molecular weight is 372 g/mol. The molecule has 0 saturated carbocycles. The molecule has 0 N–H and O–H groups in total. The molecule has 0 spiro atoms. The number of rotatable bonds is 3. The standard InChI is InChI=1S/C15H13Br2F/c1-10-2-4-11(5-3-10)6-15(17)12-7-13(16)9-14(18)8-12/h2-5,7-9,15H,6H2,1H3. The third kappa shape index (κ3) is 3.66. The first-order chi connectivity index (χ1) is 8.54. The van der Waals surface area contributed by atoms with Gasteiger partial charge in [0.1, 0.15) is 5.82 Å². The molecule has 0 aliphatic heterocycles. The van der Waals surface area contributed by atoms with Gasteiger partial charge in [-0.2, -0.15) is 0 Å². The summed E-state index contributed by atoms with van der Waals surface area (Å²) in [4.78, 5) is 0.118. The molecule has 0 fully saturated rings. The van der Waals surface area contributed by atoms with Gasteiger partial charge in [0.2, 0.25) is 0 Å². The van der Waals surface area contributed by atoms with E-state index in [9.17, 15) is 4.39 Å². The largest absolute Gasteiger partial charge is 0.207 e. The number of halogens is 3. The minimum absolute atomic E-state index is 0.118. The highest BCUT2D eigenvalue weighted by atomic mass is 79.9. The molecule has 3 heteroatoms. The minimum Gasteiger partial charge on any atom is -0.207 e. The Morgan fingerprint density at radius 3 is 2.39 bits per heavy atom. The fourth-order valence-electron chi connectivity index (χ4n) is 1.80. The van der Waals surface area contributed by atoms with E-state index in [2.05, 4.69) is 63.0 Å². The smallest absolute Gasteiger partial charge is 0.124 e. The van der Waals surface area contributed by atoms with E-state index in [1.165, 1.54) is 17.2 Å². The van der Waals surface area contributed by atoms with Crippen molar-refractivity contribution < 1.29 is 4.39 Å². The quantitative estimate of drug-likeness (QED) is 0.618. The monoisotopic (exact) mass is 370 g/mol. The van der Waals surface area contributed by atoms with Gasteiger partial charge < -0.3 is 0 Å². The first-order valence-corrected chi connectivity index (χ1v) is 7.41. The van der Waals surface area contributed by atoms with Crippen LogP contribution in [0.3, 0.4) is 0 Å². The molecule has 1 unspecified atom stereocenters. The highest BCUT2D eigenvalue weighted by Gasteiger charge is 2.10.